The number of anilines is 1. The van der Waals surface area contributed by atoms with Crippen LogP contribution in [0.25, 0.3) is 0 Å². The maximum atomic E-state index is 10.3. The van der Waals surface area contributed by atoms with Crippen molar-refractivity contribution in [3.8, 4) is 0 Å². The number of hydrogen-bond donors (Lipinski definition) is 2. The van der Waals surface area contributed by atoms with E-state index in [1.54, 1.807) is 0 Å². The molecular formula is C6H6N2O4S. The Morgan fingerprint density at radius 2 is 2.23 bits per heavy atom. The molecule has 1 aromatic rings. The minimum absolute atomic E-state index is 0.129. The summed E-state index contributed by atoms with van der Waals surface area (Å²) in [6.07, 6.45) is 0. The molecule has 0 aliphatic heterocycles. The second-order valence-corrected chi connectivity index (χ2v) is 2.86. The van der Waals surface area contributed by atoms with E-state index in [0.717, 1.165) is 0 Å². The van der Waals surface area contributed by atoms with Crippen molar-refractivity contribution in [2.24, 2.45) is 0 Å². The second kappa shape index (κ2) is 3.97. The summed E-state index contributed by atoms with van der Waals surface area (Å²) < 4.78 is 20.8. The third-order valence-electron chi connectivity index (χ3n) is 1.26. The number of hydrogen-bond acceptors (Lipinski definition) is 3. The molecule has 1 aromatic carbocycles. The van der Waals surface area contributed by atoms with E-state index in [0.29, 0.717) is 0 Å². The van der Waals surface area contributed by atoms with Gasteiger partial charge in [-0.25, -0.2) is 4.21 Å². The van der Waals surface area contributed by atoms with Crippen LogP contribution >= 0.6 is 0 Å². The lowest BCUT2D eigenvalue weighted by Crippen LogP contribution is -2.01. The van der Waals surface area contributed by atoms with Crippen molar-refractivity contribution in [3.05, 3.63) is 34.4 Å². The van der Waals surface area contributed by atoms with Crippen molar-refractivity contribution in [2.45, 2.75) is 0 Å². The van der Waals surface area contributed by atoms with Crippen LogP contribution in [0.15, 0.2) is 24.3 Å². The minimum atomic E-state index is -2.21. The summed E-state index contributed by atoms with van der Waals surface area (Å²) in [7, 11) is 0. The summed E-state index contributed by atoms with van der Waals surface area (Å²) in [5.41, 5.74) is 0.102. The van der Waals surface area contributed by atoms with Gasteiger partial charge < -0.3 is 0 Å². The Morgan fingerprint density at radius 3 is 2.77 bits per heavy atom. The first-order valence-corrected chi connectivity index (χ1v) is 4.32. The van der Waals surface area contributed by atoms with Gasteiger partial charge in [-0.1, -0.05) is 6.07 Å². The predicted octanol–water partition coefficient (Wildman–Crippen LogP) is 1.14. The van der Waals surface area contributed by atoms with Gasteiger partial charge >= 0.3 is 0 Å². The summed E-state index contributed by atoms with van der Waals surface area (Å²) in [6, 6.07) is 5.36. The van der Waals surface area contributed by atoms with Crippen LogP contribution in [0.2, 0.25) is 0 Å². The molecule has 0 spiro atoms. The van der Waals surface area contributed by atoms with Gasteiger partial charge in [0.15, 0.2) is 0 Å². The number of nitrogens with zero attached hydrogens (tertiary/aromatic N) is 1. The highest BCUT2D eigenvalue weighted by Gasteiger charge is 2.05. The van der Waals surface area contributed by atoms with Crippen LogP contribution in [-0.2, 0) is 11.3 Å². The molecule has 0 heterocycles. The van der Waals surface area contributed by atoms with Crippen molar-refractivity contribution in [2.75, 3.05) is 4.72 Å². The maximum absolute atomic E-state index is 10.3. The third kappa shape index (κ3) is 2.80. The van der Waals surface area contributed by atoms with Gasteiger partial charge in [-0.15, -0.1) is 0 Å². The van der Waals surface area contributed by atoms with Crippen molar-refractivity contribution < 1.29 is 13.7 Å². The van der Waals surface area contributed by atoms with E-state index < -0.39 is 16.2 Å². The predicted molar refractivity (Wildman–Crippen MR) is 47.5 cm³/mol. The first-order chi connectivity index (χ1) is 6.09. The molecule has 1 rings (SSSR count). The molecule has 0 aliphatic carbocycles. The van der Waals surface area contributed by atoms with Crippen LogP contribution in [-0.4, -0.2) is 13.7 Å². The second-order valence-electron chi connectivity index (χ2n) is 2.16. The van der Waals surface area contributed by atoms with E-state index in [1.165, 1.54) is 24.3 Å². The first-order valence-electron chi connectivity index (χ1n) is 3.21. The number of nitro benzene ring substituents is 1. The number of rotatable bonds is 3. The topological polar surface area (TPSA) is 92.5 Å². The van der Waals surface area contributed by atoms with Crippen molar-refractivity contribution in [1.29, 1.82) is 0 Å². The average Bonchev–Trinajstić information content (AvgIpc) is 2.03. The molecule has 0 fully saturated rings. The minimum Gasteiger partial charge on any atom is -0.289 e. The molecule has 2 N–H and O–H groups in total. The monoisotopic (exact) mass is 202 g/mol. The molecule has 7 heteroatoms. The third-order valence-corrected chi connectivity index (χ3v) is 1.67. The van der Waals surface area contributed by atoms with E-state index in [2.05, 4.69) is 4.72 Å². The fraction of sp³-hybridized carbons (Fsp3) is 0. The molecule has 0 saturated heterocycles. The molecule has 1 atom stereocenters. The average molecular weight is 202 g/mol. The van der Waals surface area contributed by atoms with Gasteiger partial charge in [0.2, 0.25) is 0 Å². The summed E-state index contributed by atoms with van der Waals surface area (Å²) >= 11 is -2.21. The molecule has 70 valence electrons. The molecule has 0 saturated carbocycles. The molecule has 1 unspecified atom stereocenters. The Kier molecular flexibility index (Phi) is 2.93. The Hall–Kier alpha value is -1.47. The molecule has 0 amide bonds. The molecule has 0 aromatic heterocycles. The van der Waals surface area contributed by atoms with Crippen LogP contribution in [0.1, 0.15) is 0 Å². The standard InChI is InChI=1S/C6H6N2O4S/c9-8(10)6-3-1-2-5(4-6)7-13(11)12/h1-4,7H,(H,11,12). The Morgan fingerprint density at radius 1 is 1.54 bits per heavy atom. The lowest BCUT2D eigenvalue weighted by atomic mass is 10.3. The lowest BCUT2D eigenvalue weighted by Gasteiger charge is -1.99. The molecule has 0 bridgehead atoms. The van der Waals surface area contributed by atoms with E-state index in [1.807, 2.05) is 0 Å². The van der Waals surface area contributed by atoms with Gasteiger partial charge in [-0.2, -0.15) is 0 Å². The van der Waals surface area contributed by atoms with Gasteiger partial charge in [0.05, 0.1) is 10.6 Å². The largest absolute Gasteiger partial charge is 0.289 e. The molecular weight excluding hydrogens is 196 g/mol. The van der Waals surface area contributed by atoms with Crippen LogP contribution in [0.5, 0.6) is 0 Å². The van der Waals surface area contributed by atoms with E-state index in [4.69, 9.17) is 4.55 Å². The van der Waals surface area contributed by atoms with Crippen molar-refractivity contribution >= 4 is 22.6 Å². The Bertz CT molecular complexity index is 354. The number of benzene rings is 1. The Balaban J connectivity index is 2.91. The summed E-state index contributed by atoms with van der Waals surface area (Å²) in [5, 5.41) is 10.3. The normalized spacial score (nSPS) is 12.1. The van der Waals surface area contributed by atoms with Crippen LogP contribution in [0.4, 0.5) is 11.4 Å². The first kappa shape index (κ1) is 9.62. The van der Waals surface area contributed by atoms with Crippen LogP contribution in [0.3, 0.4) is 0 Å². The fourth-order valence-corrected chi connectivity index (χ4v) is 1.11. The van der Waals surface area contributed by atoms with Gasteiger partial charge in [0.1, 0.15) is 0 Å². The van der Waals surface area contributed by atoms with Crippen molar-refractivity contribution in [3.63, 3.8) is 0 Å². The molecule has 0 aliphatic rings. The highest BCUT2D eigenvalue weighted by molar-refractivity contribution is 7.80. The zero-order chi connectivity index (χ0) is 9.84. The summed E-state index contributed by atoms with van der Waals surface area (Å²) in [5.74, 6) is 0. The number of nitro groups is 1. The van der Waals surface area contributed by atoms with E-state index in [9.17, 15) is 14.3 Å². The zero-order valence-electron chi connectivity index (χ0n) is 6.34. The SMILES string of the molecule is O=[N+]([O-])c1cccc(NS(=O)O)c1. The highest BCUT2D eigenvalue weighted by atomic mass is 32.2. The number of non-ortho nitro benzene ring substituents is 1. The molecule has 13 heavy (non-hydrogen) atoms. The maximum Gasteiger partial charge on any atom is 0.271 e. The highest BCUT2D eigenvalue weighted by Crippen LogP contribution is 2.16. The zero-order valence-corrected chi connectivity index (χ0v) is 7.15. The fourth-order valence-electron chi connectivity index (χ4n) is 0.784. The summed E-state index contributed by atoms with van der Waals surface area (Å²) in [4.78, 5) is 9.70. The summed E-state index contributed by atoms with van der Waals surface area (Å²) in [6.45, 7) is 0. The van der Waals surface area contributed by atoms with E-state index in [-0.39, 0.29) is 11.4 Å². The molecule has 0 radical (unpaired) electrons. The molecule has 6 nitrogen and oxygen atoms in total. The van der Waals surface area contributed by atoms with Crippen LogP contribution < -0.4 is 4.72 Å². The van der Waals surface area contributed by atoms with E-state index >= 15 is 0 Å². The van der Waals surface area contributed by atoms with Gasteiger partial charge in [-0.05, 0) is 6.07 Å². The lowest BCUT2D eigenvalue weighted by molar-refractivity contribution is -0.384. The smallest absolute Gasteiger partial charge is 0.271 e. The van der Waals surface area contributed by atoms with Gasteiger partial charge in [-0.3, -0.25) is 19.4 Å². The quantitative estimate of drug-likeness (QED) is 0.436. The Labute approximate surface area is 76.1 Å². The van der Waals surface area contributed by atoms with Gasteiger partial charge in [0.25, 0.3) is 17.0 Å². The van der Waals surface area contributed by atoms with Crippen LogP contribution in [0, 0.1) is 10.1 Å². The number of nitrogens with one attached hydrogen (secondary N) is 1. The van der Waals surface area contributed by atoms with Crippen molar-refractivity contribution in [1.82, 2.24) is 0 Å². The van der Waals surface area contributed by atoms with Gasteiger partial charge in [0, 0.05) is 12.1 Å².